The van der Waals surface area contributed by atoms with E-state index in [2.05, 4.69) is 52.1 Å². The van der Waals surface area contributed by atoms with Crippen molar-refractivity contribution in [3.8, 4) is 0 Å². The molecule has 0 amide bonds. The van der Waals surface area contributed by atoms with Gasteiger partial charge in [0.2, 0.25) is 0 Å². The van der Waals surface area contributed by atoms with Crippen LogP contribution in [0.3, 0.4) is 0 Å². The predicted molar refractivity (Wildman–Crippen MR) is 131 cm³/mol. The van der Waals surface area contributed by atoms with Gasteiger partial charge in [-0.15, -0.1) is 0 Å². The Bertz CT molecular complexity index is 394. The topological polar surface area (TPSA) is 0 Å². The van der Waals surface area contributed by atoms with E-state index in [1.165, 1.54) is 24.5 Å². The molecule has 4 aliphatic rings. The van der Waals surface area contributed by atoms with Gasteiger partial charge in [0.1, 0.15) is 0 Å². The molecule has 0 radical (unpaired) electrons. The molecular weight excluding hydrogens is 364 g/mol. The summed E-state index contributed by atoms with van der Waals surface area (Å²) in [5, 5.41) is 1.04. The molecule has 0 aliphatic heterocycles. The van der Waals surface area contributed by atoms with Gasteiger partial charge in [-0.05, 0) is 84.5 Å². The number of hydrogen-bond donors (Lipinski definition) is 1. The van der Waals surface area contributed by atoms with Crippen LogP contribution in [0.5, 0.6) is 0 Å². The molecule has 27 heavy (non-hydrogen) atoms. The average molecular weight is 415 g/mol. The highest BCUT2D eigenvalue weighted by Crippen LogP contribution is 2.72. The molecule has 4 fully saturated rings. The summed E-state index contributed by atoms with van der Waals surface area (Å²) in [4.78, 5) is 0. The van der Waals surface area contributed by atoms with Gasteiger partial charge in [0.25, 0.3) is 0 Å². The lowest BCUT2D eigenvalue weighted by molar-refractivity contribution is 0.0542. The molecule has 4 saturated carbocycles. The summed E-state index contributed by atoms with van der Waals surface area (Å²) in [7, 11) is 0. The standard InChI is InChI=1S/C20H34S.2C2H6.CH4S/c1-5-13-14(6-2)16-9-15(13)19-12-7-17(20(16)19)18(8-12)21-10-11(3)4;3*1-2/h11-20H,5-10H2,1-4H3;2*1-2H3;2H,1H3. The molecule has 4 rings (SSSR count). The third-order valence-corrected chi connectivity index (χ3v) is 9.67. The lowest BCUT2D eigenvalue weighted by Gasteiger charge is -2.45. The van der Waals surface area contributed by atoms with E-state index in [1.54, 1.807) is 25.5 Å². The molecule has 2 heteroatoms. The Labute approximate surface area is 182 Å². The SMILES string of the molecule is CC.CC.CCC1C(CC)C2CC1C1C3CC(SCC(C)C)C(C3)C21.CS. The van der Waals surface area contributed by atoms with Crippen molar-refractivity contribution in [3.05, 3.63) is 0 Å². The fraction of sp³-hybridized carbons (Fsp3) is 1.00. The zero-order valence-electron chi connectivity index (χ0n) is 19.9. The van der Waals surface area contributed by atoms with Gasteiger partial charge in [0, 0.05) is 5.25 Å². The molecule has 4 bridgehead atoms. The Hall–Kier alpha value is 0.700. The Morgan fingerprint density at radius 2 is 1.30 bits per heavy atom. The minimum Gasteiger partial charge on any atom is -0.183 e. The summed E-state index contributed by atoms with van der Waals surface area (Å²) < 4.78 is 0. The van der Waals surface area contributed by atoms with Crippen molar-refractivity contribution in [3.63, 3.8) is 0 Å². The lowest BCUT2D eigenvalue weighted by Crippen LogP contribution is -2.41. The molecule has 9 atom stereocenters. The predicted octanol–water partition coefficient (Wildman–Crippen LogP) is 8.32. The lowest BCUT2D eigenvalue weighted by atomic mass is 9.62. The number of rotatable bonds is 5. The Kier molecular flexibility index (Phi) is 11.8. The van der Waals surface area contributed by atoms with Crippen LogP contribution in [-0.4, -0.2) is 17.3 Å². The molecule has 0 N–H and O–H groups in total. The molecule has 0 aromatic heterocycles. The first kappa shape index (κ1) is 25.7. The highest BCUT2D eigenvalue weighted by molar-refractivity contribution is 7.99. The maximum atomic E-state index is 3.53. The average Bonchev–Trinajstić information content (AvgIpc) is 3.47. The van der Waals surface area contributed by atoms with E-state index < -0.39 is 0 Å². The second-order valence-electron chi connectivity index (χ2n) is 9.02. The van der Waals surface area contributed by atoms with E-state index in [9.17, 15) is 0 Å². The van der Waals surface area contributed by atoms with Crippen LogP contribution in [0, 0.1) is 53.3 Å². The largest absolute Gasteiger partial charge is 0.183 e. The fourth-order valence-electron chi connectivity index (χ4n) is 7.53. The van der Waals surface area contributed by atoms with Crippen molar-refractivity contribution >= 4 is 24.4 Å². The van der Waals surface area contributed by atoms with Gasteiger partial charge in [-0.25, -0.2) is 0 Å². The quantitative estimate of drug-likeness (QED) is 0.348. The zero-order valence-corrected chi connectivity index (χ0v) is 21.6. The second kappa shape index (κ2) is 12.4. The van der Waals surface area contributed by atoms with Crippen molar-refractivity contribution in [1.82, 2.24) is 0 Å². The summed E-state index contributed by atoms with van der Waals surface area (Å²) >= 11 is 5.87. The molecule has 0 saturated heterocycles. The van der Waals surface area contributed by atoms with E-state index in [-0.39, 0.29) is 0 Å². The molecule has 0 spiro atoms. The molecular formula is C25H50S2. The monoisotopic (exact) mass is 414 g/mol. The van der Waals surface area contributed by atoms with Crippen LogP contribution >= 0.6 is 24.4 Å². The van der Waals surface area contributed by atoms with E-state index >= 15 is 0 Å². The van der Waals surface area contributed by atoms with Crippen LogP contribution in [0.4, 0.5) is 0 Å². The summed E-state index contributed by atoms with van der Waals surface area (Å²) in [5.74, 6) is 11.3. The Balaban J connectivity index is 0.000000556. The molecule has 4 aliphatic carbocycles. The molecule has 162 valence electrons. The van der Waals surface area contributed by atoms with E-state index in [0.29, 0.717) is 0 Å². The normalized spacial score (nSPS) is 42.6. The molecule has 0 heterocycles. The smallest absolute Gasteiger partial charge is 0.00811 e. The van der Waals surface area contributed by atoms with Gasteiger partial charge in [0.15, 0.2) is 0 Å². The van der Waals surface area contributed by atoms with Crippen LogP contribution < -0.4 is 0 Å². The minimum absolute atomic E-state index is 0.873. The number of thiol groups is 1. The summed E-state index contributed by atoms with van der Waals surface area (Å²) in [6.07, 6.45) is 9.45. The van der Waals surface area contributed by atoms with Crippen molar-refractivity contribution in [2.24, 2.45) is 53.3 Å². The minimum atomic E-state index is 0.873. The zero-order chi connectivity index (χ0) is 20.7. The molecule has 0 nitrogen and oxygen atoms in total. The highest BCUT2D eigenvalue weighted by Gasteiger charge is 2.66. The first-order chi connectivity index (χ1) is 13.2. The first-order valence-corrected chi connectivity index (χ1v) is 14.2. The van der Waals surface area contributed by atoms with Crippen molar-refractivity contribution in [2.45, 2.75) is 92.7 Å². The van der Waals surface area contributed by atoms with Gasteiger partial charge in [-0.1, -0.05) is 68.2 Å². The van der Waals surface area contributed by atoms with Gasteiger partial charge in [-0.2, -0.15) is 24.4 Å². The maximum absolute atomic E-state index is 3.53. The molecule has 9 unspecified atom stereocenters. The van der Waals surface area contributed by atoms with Crippen LogP contribution in [0.1, 0.15) is 87.5 Å². The van der Waals surface area contributed by atoms with Crippen LogP contribution in [0.15, 0.2) is 0 Å². The number of fused-ring (bicyclic) bond motifs is 9. The third kappa shape index (κ3) is 4.89. The van der Waals surface area contributed by atoms with Crippen molar-refractivity contribution in [2.75, 3.05) is 12.0 Å². The number of hydrogen-bond acceptors (Lipinski definition) is 2. The van der Waals surface area contributed by atoms with Gasteiger partial charge < -0.3 is 0 Å². The molecule has 0 aromatic rings. The summed E-state index contributed by atoms with van der Waals surface area (Å²) in [5.41, 5.74) is 0. The first-order valence-electron chi connectivity index (χ1n) is 12.2. The van der Waals surface area contributed by atoms with Crippen molar-refractivity contribution in [1.29, 1.82) is 0 Å². The van der Waals surface area contributed by atoms with Gasteiger partial charge in [0.05, 0.1) is 0 Å². The maximum Gasteiger partial charge on any atom is 0.00811 e. The summed E-state index contributed by atoms with van der Waals surface area (Å²) in [6.45, 7) is 17.7. The Morgan fingerprint density at radius 1 is 0.778 bits per heavy atom. The van der Waals surface area contributed by atoms with Gasteiger partial charge in [-0.3, -0.25) is 0 Å². The van der Waals surface area contributed by atoms with E-state index in [0.717, 1.165) is 52.6 Å². The van der Waals surface area contributed by atoms with Crippen molar-refractivity contribution < 1.29 is 0 Å². The third-order valence-electron chi connectivity index (χ3n) is 7.84. The van der Waals surface area contributed by atoms with Gasteiger partial charge >= 0.3 is 0 Å². The van der Waals surface area contributed by atoms with E-state index in [4.69, 9.17) is 0 Å². The highest BCUT2D eigenvalue weighted by atomic mass is 32.2. The van der Waals surface area contributed by atoms with E-state index in [1.807, 2.05) is 27.7 Å². The molecule has 0 aromatic carbocycles. The van der Waals surface area contributed by atoms with Crippen LogP contribution in [0.2, 0.25) is 0 Å². The Morgan fingerprint density at radius 3 is 1.78 bits per heavy atom. The fourth-order valence-corrected chi connectivity index (χ4v) is 9.09. The number of thioether (sulfide) groups is 1. The van der Waals surface area contributed by atoms with Crippen LogP contribution in [-0.2, 0) is 0 Å². The second-order valence-corrected chi connectivity index (χ2v) is 10.3. The van der Waals surface area contributed by atoms with Crippen LogP contribution in [0.25, 0.3) is 0 Å². The summed E-state index contributed by atoms with van der Waals surface area (Å²) in [6, 6.07) is 0.